The zero-order valence-corrected chi connectivity index (χ0v) is 14.3. The largest absolute Gasteiger partial charge is 0.493 e. The Morgan fingerprint density at radius 1 is 1.23 bits per heavy atom. The molecule has 4 heteroatoms. The average molecular weight is 317 g/mol. The van der Waals surface area contributed by atoms with Crippen LogP contribution in [-0.4, -0.2) is 32.2 Å². The van der Waals surface area contributed by atoms with E-state index in [1.54, 1.807) is 14.2 Å². The number of benzene rings is 1. The van der Waals surface area contributed by atoms with Crippen molar-refractivity contribution in [3.63, 3.8) is 0 Å². The molecule has 3 nitrogen and oxygen atoms in total. The molecule has 0 aliphatic carbocycles. The quantitative estimate of drug-likeness (QED) is 0.828. The van der Waals surface area contributed by atoms with Crippen molar-refractivity contribution < 1.29 is 9.47 Å². The molecular weight excluding hydrogens is 294 g/mol. The van der Waals surface area contributed by atoms with Gasteiger partial charge in [-0.2, -0.15) is 0 Å². The molecule has 2 aromatic rings. The van der Waals surface area contributed by atoms with Crippen molar-refractivity contribution in [1.29, 1.82) is 0 Å². The van der Waals surface area contributed by atoms with E-state index in [9.17, 15) is 0 Å². The summed E-state index contributed by atoms with van der Waals surface area (Å²) in [6.07, 6.45) is 2.24. The lowest BCUT2D eigenvalue weighted by atomic mass is 9.90. The van der Waals surface area contributed by atoms with Crippen molar-refractivity contribution >= 4 is 11.3 Å². The fourth-order valence-corrected chi connectivity index (χ4v) is 4.18. The van der Waals surface area contributed by atoms with E-state index < -0.39 is 0 Å². The highest BCUT2D eigenvalue weighted by Gasteiger charge is 2.30. The van der Waals surface area contributed by atoms with Gasteiger partial charge in [-0.15, -0.1) is 11.3 Å². The molecule has 0 N–H and O–H groups in total. The van der Waals surface area contributed by atoms with E-state index in [0.717, 1.165) is 31.0 Å². The first-order valence-electron chi connectivity index (χ1n) is 7.80. The maximum absolute atomic E-state index is 5.52. The first kappa shape index (κ1) is 15.4. The van der Waals surface area contributed by atoms with Crippen molar-refractivity contribution in [2.24, 2.45) is 0 Å². The lowest BCUT2D eigenvalue weighted by Gasteiger charge is -2.37. The SMILES string of the molecule is CCCN1CCc2cc(OC)c(OC)cc2C1c1cccs1. The van der Waals surface area contributed by atoms with Crippen LogP contribution in [0.5, 0.6) is 11.5 Å². The van der Waals surface area contributed by atoms with Gasteiger partial charge in [-0.05, 0) is 54.1 Å². The third-order valence-corrected chi connectivity index (χ3v) is 5.22. The third kappa shape index (κ3) is 2.73. The molecule has 3 rings (SSSR count). The Morgan fingerprint density at radius 3 is 2.64 bits per heavy atom. The third-order valence-electron chi connectivity index (χ3n) is 4.30. The molecule has 0 saturated heterocycles. The molecule has 1 unspecified atom stereocenters. The minimum Gasteiger partial charge on any atom is -0.493 e. The monoisotopic (exact) mass is 317 g/mol. The van der Waals surface area contributed by atoms with Gasteiger partial charge in [0.1, 0.15) is 0 Å². The normalized spacial score (nSPS) is 18.0. The van der Waals surface area contributed by atoms with Crippen LogP contribution < -0.4 is 9.47 Å². The van der Waals surface area contributed by atoms with Gasteiger partial charge in [0, 0.05) is 11.4 Å². The van der Waals surface area contributed by atoms with E-state index in [2.05, 4.69) is 41.5 Å². The van der Waals surface area contributed by atoms with Gasteiger partial charge >= 0.3 is 0 Å². The predicted molar refractivity (Wildman–Crippen MR) is 91.3 cm³/mol. The lowest BCUT2D eigenvalue weighted by Crippen LogP contribution is -2.36. The Balaban J connectivity index is 2.09. The second-order valence-electron chi connectivity index (χ2n) is 5.61. The van der Waals surface area contributed by atoms with Crippen LogP contribution >= 0.6 is 11.3 Å². The predicted octanol–water partition coefficient (Wildman–Crippen LogP) is 4.12. The van der Waals surface area contributed by atoms with Crippen LogP contribution in [-0.2, 0) is 6.42 Å². The fourth-order valence-electron chi connectivity index (χ4n) is 3.31. The summed E-state index contributed by atoms with van der Waals surface area (Å²) in [6.45, 7) is 4.46. The molecule has 22 heavy (non-hydrogen) atoms. The Morgan fingerprint density at radius 2 is 2.00 bits per heavy atom. The number of hydrogen-bond donors (Lipinski definition) is 0. The van der Waals surface area contributed by atoms with E-state index >= 15 is 0 Å². The van der Waals surface area contributed by atoms with Crippen LogP contribution in [0.4, 0.5) is 0 Å². The molecule has 2 heterocycles. The molecule has 0 amide bonds. The zero-order chi connectivity index (χ0) is 15.5. The summed E-state index contributed by atoms with van der Waals surface area (Å²) >= 11 is 1.83. The molecular formula is C18H23NO2S. The summed E-state index contributed by atoms with van der Waals surface area (Å²) in [6, 6.07) is 9.03. The number of rotatable bonds is 5. The van der Waals surface area contributed by atoms with Gasteiger partial charge in [-0.25, -0.2) is 0 Å². The molecule has 1 aliphatic rings. The van der Waals surface area contributed by atoms with E-state index in [-0.39, 0.29) is 0 Å². The summed E-state index contributed by atoms with van der Waals surface area (Å²) in [5.74, 6) is 1.65. The maximum atomic E-state index is 5.52. The number of nitrogens with zero attached hydrogens (tertiary/aromatic N) is 1. The van der Waals surface area contributed by atoms with E-state index in [4.69, 9.17) is 9.47 Å². The molecule has 118 valence electrons. The Bertz CT molecular complexity index is 624. The van der Waals surface area contributed by atoms with Gasteiger partial charge in [0.05, 0.1) is 20.3 Å². The van der Waals surface area contributed by atoms with Gasteiger partial charge < -0.3 is 9.47 Å². The standard InChI is InChI=1S/C18H23NO2S/c1-4-8-19-9-7-13-11-15(20-2)16(21-3)12-14(13)18(19)17-6-5-10-22-17/h5-6,10-12,18H,4,7-9H2,1-3H3. The van der Waals surface area contributed by atoms with Crippen LogP contribution in [0.15, 0.2) is 29.6 Å². The second-order valence-corrected chi connectivity index (χ2v) is 6.59. The minimum atomic E-state index is 0.337. The van der Waals surface area contributed by atoms with E-state index in [1.807, 2.05) is 11.3 Å². The fraction of sp³-hybridized carbons (Fsp3) is 0.444. The molecule has 0 bridgehead atoms. The highest BCUT2D eigenvalue weighted by Crippen LogP contribution is 2.42. The van der Waals surface area contributed by atoms with E-state index in [0.29, 0.717) is 6.04 Å². The molecule has 1 aliphatic heterocycles. The Labute approximate surface area is 136 Å². The van der Waals surface area contributed by atoms with Crippen LogP contribution in [0.25, 0.3) is 0 Å². The molecule has 1 aromatic carbocycles. The van der Waals surface area contributed by atoms with Crippen LogP contribution in [0.3, 0.4) is 0 Å². The summed E-state index contributed by atoms with van der Waals surface area (Å²) < 4.78 is 11.0. The summed E-state index contributed by atoms with van der Waals surface area (Å²) in [5.41, 5.74) is 2.74. The van der Waals surface area contributed by atoms with Gasteiger partial charge in [0.25, 0.3) is 0 Å². The highest BCUT2D eigenvalue weighted by molar-refractivity contribution is 7.10. The van der Waals surface area contributed by atoms with Crippen molar-refractivity contribution in [3.05, 3.63) is 45.6 Å². The van der Waals surface area contributed by atoms with Crippen molar-refractivity contribution in [1.82, 2.24) is 4.90 Å². The second kappa shape index (κ2) is 6.71. The van der Waals surface area contributed by atoms with Crippen molar-refractivity contribution in [2.45, 2.75) is 25.8 Å². The van der Waals surface area contributed by atoms with Crippen molar-refractivity contribution in [2.75, 3.05) is 27.3 Å². The first-order valence-corrected chi connectivity index (χ1v) is 8.68. The number of ether oxygens (including phenoxy) is 2. The first-order chi connectivity index (χ1) is 10.8. The average Bonchev–Trinajstić information content (AvgIpc) is 3.07. The number of thiophene rings is 1. The van der Waals surface area contributed by atoms with Crippen LogP contribution in [0.2, 0.25) is 0 Å². The molecule has 0 saturated carbocycles. The van der Waals surface area contributed by atoms with Gasteiger partial charge in [0.15, 0.2) is 11.5 Å². The van der Waals surface area contributed by atoms with Crippen LogP contribution in [0, 0.1) is 0 Å². The zero-order valence-electron chi connectivity index (χ0n) is 13.5. The minimum absolute atomic E-state index is 0.337. The molecule has 0 fully saturated rings. The number of methoxy groups -OCH3 is 2. The van der Waals surface area contributed by atoms with Crippen molar-refractivity contribution in [3.8, 4) is 11.5 Å². The van der Waals surface area contributed by atoms with E-state index in [1.165, 1.54) is 22.4 Å². The van der Waals surface area contributed by atoms with Gasteiger partial charge in [-0.1, -0.05) is 13.0 Å². The smallest absolute Gasteiger partial charge is 0.161 e. The topological polar surface area (TPSA) is 21.7 Å². The molecule has 1 atom stereocenters. The Hall–Kier alpha value is -1.52. The highest BCUT2D eigenvalue weighted by atomic mass is 32.1. The maximum Gasteiger partial charge on any atom is 0.161 e. The number of hydrogen-bond acceptors (Lipinski definition) is 4. The molecule has 1 aromatic heterocycles. The molecule has 0 radical (unpaired) electrons. The van der Waals surface area contributed by atoms with Crippen LogP contribution in [0.1, 0.15) is 35.4 Å². The summed E-state index contributed by atoms with van der Waals surface area (Å²) in [5, 5.41) is 2.16. The number of fused-ring (bicyclic) bond motifs is 1. The summed E-state index contributed by atoms with van der Waals surface area (Å²) in [4.78, 5) is 3.99. The van der Waals surface area contributed by atoms with Gasteiger partial charge in [-0.3, -0.25) is 4.90 Å². The molecule has 0 spiro atoms. The van der Waals surface area contributed by atoms with Gasteiger partial charge in [0.2, 0.25) is 0 Å². The Kier molecular flexibility index (Phi) is 4.69. The lowest BCUT2D eigenvalue weighted by molar-refractivity contribution is 0.215. The summed E-state index contributed by atoms with van der Waals surface area (Å²) in [7, 11) is 3.41.